The number of carbonyl (C=O) groups is 2. The normalized spacial score (nSPS) is 9.71. The highest BCUT2D eigenvalue weighted by Gasteiger charge is 2.15. The Morgan fingerprint density at radius 1 is 1.19 bits per heavy atom. The van der Waals surface area contributed by atoms with E-state index in [1.165, 1.54) is 7.11 Å². The molecule has 1 aromatic carbocycles. The fourth-order valence-electron chi connectivity index (χ4n) is 1.69. The Morgan fingerprint density at radius 2 is 1.86 bits per heavy atom. The van der Waals surface area contributed by atoms with Gasteiger partial charge >= 0.3 is 11.8 Å². The third-order valence-corrected chi connectivity index (χ3v) is 2.94. The second-order valence-corrected chi connectivity index (χ2v) is 4.48. The van der Waals surface area contributed by atoms with Crippen molar-refractivity contribution in [3.05, 3.63) is 23.8 Å². The van der Waals surface area contributed by atoms with Crippen LogP contribution in [0.3, 0.4) is 0 Å². The topological polar surface area (TPSA) is 79.8 Å². The molecular formula is C15H21N3O3. The quantitative estimate of drug-likeness (QED) is 0.496. The number of nitrogens with one attached hydrogen (secondary N) is 2. The number of hydrogen-bond acceptors (Lipinski definition) is 4. The van der Waals surface area contributed by atoms with E-state index in [0.29, 0.717) is 11.4 Å². The predicted octanol–water partition coefficient (Wildman–Crippen LogP) is 2.23. The first kappa shape index (κ1) is 16.7. The number of methoxy groups -OCH3 is 1. The molecule has 0 saturated carbocycles. The summed E-state index contributed by atoms with van der Waals surface area (Å²) < 4.78 is 5.14. The number of amides is 2. The lowest BCUT2D eigenvalue weighted by Crippen LogP contribution is -2.33. The number of benzene rings is 1. The van der Waals surface area contributed by atoms with E-state index in [9.17, 15) is 9.59 Å². The van der Waals surface area contributed by atoms with Crippen molar-refractivity contribution in [2.24, 2.45) is 5.10 Å². The highest BCUT2D eigenvalue weighted by molar-refractivity contribution is 6.39. The lowest BCUT2D eigenvalue weighted by molar-refractivity contribution is -0.136. The first-order chi connectivity index (χ1) is 10.0. The third-order valence-electron chi connectivity index (χ3n) is 2.94. The van der Waals surface area contributed by atoms with E-state index in [1.54, 1.807) is 12.1 Å². The van der Waals surface area contributed by atoms with Crippen molar-refractivity contribution in [2.75, 3.05) is 12.4 Å². The van der Waals surface area contributed by atoms with Crippen molar-refractivity contribution >= 4 is 23.2 Å². The fourth-order valence-corrected chi connectivity index (χ4v) is 1.69. The molecule has 0 saturated heterocycles. The van der Waals surface area contributed by atoms with Crippen LogP contribution in [-0.2, 0) is 9.59 Å². The second-order valence-electron chi connectivity index (χ2n) is 4.48. The molecule has 2 amide bonds. The summed E-state index contributed by atoms with van der Waals surface area (Å²) in [4.78, 5) is 23.5. The molecule has 0 aliphatic carbocycles. The minimum Gasteiger partial charge on any atom is -0.495 e. The van der Waals surface area contributed by atoms with Gasteiger partial charge in [-0.25, -0.2) is 5.43 Å². The van der Waals surface area contributed by atoms with E-state index >= 15 is 0 Å². The number of aryl methyl sites for hydroxylation is 1. The van der Waals surface area contributed by atoms with E-state index in [1.807, 2.05) is 26.8 Å². The van der Waals surface area contributed by atoms with Gasteiger partial charge in [0.25, 0.3) is 0 Å². The van der Waals surface area contributed by atoms with Gasteiger partial charge in [0.05, 0.1) is 12.8 Å². The van der Waals surface area contributed by atoms with Gasteiger partial charge in [0.15, 0.2) is 0 Å². The first-order valence-electron chi connectivity index (χ1n) is 6.83. The van der Waals surface area contributed by atoms with Gasteiger partial charge in [-0.05, 0) is 37.5 Å². The number of nitrogens with zero attached hydrogens (tertiary/aromatic N) is 1. The zero-order chi connectivity index (χ0) is 15.8. The van der Waals surface area contributed by atoms with Gasteiger partial charge in [-0.2, -0.15) is 5.10 Å². The average Bonchev–Trinajstić information content (AvgIpc) is 2.48. The van der Waals surface area contributed by atoms with Gasteiger partial charge in [0, 0.05) is 5.71 Å². The molecule has 0 spiro atoms. The van der Waals surface area contributed by atoms with E-state index in [4.69, 9.17) is 4.74 Å². The summed E-state index contributed by atoms with van der Waals surface area (Å²) >= 11 is 0. The molecule has 0 bridgehead atoms. The number of hydrazone groups is 1. The van der Waals surface area contributed by atoms with Gasteiger partial charge in [0.2, 0.25) is 0 Å². The highest BCUT2D eigenvalue weighted by Crippen LogP contribution is 2.24. The van der Waals surface area contributed by atoms with Crippen LogP contribution < -0.4 is 15.5 Å². The molecule has 1 rings (SSSR count). The lowest BCUT2D eigenvalue weighted by Gasteiger charge is -2.10. The van der Waals surface area contributed by atoms with Gasteiger partial charge in [-0.15, -0.1) is 0 Å². The number of anilines is 1. The minimum absolute atomic E-state index is 0.452. The third kappa shape index (κ3) is 4.91. The molecule has 0 unspecified atom stereocenters. The zero-order valence-electron chi connectivity index (χ0n) is 12.8. The minimum atomic E-state index is -0.807. The molecule has 0 aliphatic rings. The molecule has 21 heavy (non-hydrogen) atoms. The molecule has 114 valence electrons. The van der Waals surface area contributed by atoms with Crippen molar-refractivity contribution in [3.8, 4) is 5.75 Å². The Bertz CT molecular complexity index is 547. The van der Waals surface area contributed by atoms with Crippen molar-refractivity contribution in [1.82, 2.24) is 5.43 Å². The van der Waals surface area contributed by atoms with Crippen LogP contribution in [0.2, 0.25) is 0 Å². The molecule has 0 aliphatic heterocycles. The SMILES string of the molecule is CCC(CC)=NNC(=O)C(=O)Nc1cc(C)ccc1OC. The van der Waals surface area contributed by atoms with Crippen LogP contribution in [0, 0.1) is 6.92 Å². The Balaban J connectivity index is 2.75. The van der Waals surface area contributed by atoms with Crippen LogP contribution in [0.25, 0.3) is 0 Å². The standard InChI is InChI=1S/C15H21N3O3/c1-5-11(6-2)17-18-15(20)14(19)16-12-9-10(3)7-8-13(12)21-4/h7-9H,5-6H2,1-4H3,(H,16,19)(H,18,20). The molecule has 0 heterocycles. The van der Waals surface area contributed by atoms with E-state index in [2.05, 4.69) is 15.8 Å². The molecule has 0 aromatic heterocycles. The van der Waals surface area contributed by atoms with E-state index in [0.717, 1.165) is 24.1 Å². The number of ether oxygens (including phenoxy) is 1. The molecule has 0 radical (unpaired) electrons. The highest BCUT2D eigenvalue weighted by atomic mass is 16.5. The van der Waals surface area contributed by atoms with Crippen LogP contribution in [0.15, 0.2) is 23.3 Å². The Morgan fingerprint density at radius 3 is 2.43 bits per heavy atom. The van der Waals surface area contributed by atoms with E-state index < -0.39 is 11.8 Å². The summed E-state index contributed by atoms with van der Waals surface area (Å²) in [6, 6.07) is 5.32. The van der Waals surface area contributed by atoms with Gasteiger partial charge in [-0.1, -0.05) is 19.9 Å². The maximum atomic E-state index is 11.8. The zero-order valence-corrected chi connectivity index (χ0v) is 12.8. The monoisotopic (exact) mass is 291 g/mol. The Labute approximate surface area is 124 Å². The van der Waals surface area contributed by atoms with Gasteiger partial charge < -0.3 is 10.1 Å². The fraction of sp³-hybridized carbons (Fsp3) is 0.400. The van der Waals surface area contributed by atoms with Gasteiger partial charge in [-0.3, -0.25) is 9.59 Å². The first-order valence-corrected chi connectivity index (χ1v) is 6.83. The van der Waals surface area contributed by atoms with Crippen LogP contribution in [0.1, 0.15) is 32.3 Å². The predicted molar refractivity (Wildman–Crippen MR) is 82.5 cm³/mol. The molecule has 1 aromatic rings. The van der Waals surface area contributed by atoms with Crippen LogP contribution in [0.5, 0.6) is 5.75 Å². The molecule has 6 nitrogen and oxygen atoms in total. The smallest absolute Gasteiger partial charge is 0.329 e. The van der Waals surface area contributed by atoms with Crippen LogP contribution in [-0.4, -0.2) is 24.6 Å². The Hall–Kier alpha value is -2.37. The summed E-state index contributed by atoms with van der Waals surface area (Å²) in [7, 11) is 1.50. The van der Waals surface area contributed by atoms with Crippen LogP contribution >= 0.6 is 0 Å². The van der Waals surface area contributed by atoms with E-state index in [-0.39, 0.29) is 0 Å². The summed E-state index contributed by atoms with van der Waals surface area (Å²) in [6.07, 6.45) is 1.45. The number of rotatable bonds is 5. The molecule has 0 atom stereocenters. The van der Waals surface area contributed by atoms with Crippen molar-refractivity contribution in [3.63, 3.8) is 0 Å². The molecule has 6 heteroatoms. The summed E-state index contributed by atoms with van der Waals surface area (Å²) in [5, 5.41) is 6.43. The van der Waals surface area contributed by atoms with Crippen LogP contribution in [0.4, 0.5) is 5.69 Å². The Kier molecular flexibility index (Phi) is 6.39. The van der Waals surface area contributed by atoms with Crippen molar-refractivity contribution in [2.45, 2.75) is 33.6 Å². The van der Waals surface area contributed by atoms with Crippen molar-refractivity contribution < 1.29 is 14.3 Å². The molecular weight excluding hydrogens is 270 g/mol. The summed E-state index contributed by atoms with van der Waals surface area (Å²) in [5.74, 6) is -1.10. The maximum absolute atomic E-state index is 11.8. The lowest BCUT2D eigenvalue weighted by atomic mass is 10.2. The van der Waals surface area contributed by atoms with Gasteiger partial charge in [0.1, 0.15) is 5.75 Å². The second kappa shape index (κ2) is 8.04. The molecule has 0 fully saturated rings. The van der Waals surface area contributed by atoms with Crippen molar-refractivity contribution in [1.29, 1.82) is 0 Å². The maximum Gasteiger partial charge on any atom is 0.329 e. The summed E-state index contributed by atoms with van der Waals surface area (Å²) in [6.45, 7) is 5.76. The number of hydrogen-bond donors (Lipinski definition) is 2. The largest absolute Gasteiger partial charge is 0.495 e. The number of carbonyl (C=O) groups excluding carboxylic acids is 2. The molecule has 2 N–H and O–H groups in total. The summed E-state index contributed by atoms with van der Waals surface area (Å²) in [5.41, 5.74) is 4.48. The average molecular weight is 291 g/mol.